The first-order chi connectivity index (χ1) is 12.0. The summed E-state index contributed by atoms with van der Waals surface area (Å²) in [4.78, 5) is 22.9. The van der Waals surface area contributed by atoms with Gasteiger partial charge >= 0.3 is 5.97 Å². The fourth-order valence-corrected chi connectivity index (χ4v) is 2.01. The van der Waals surface area contributed by atoms with Gasteiger partial charge in [0.2, 0.25) is 0 Å². The summed E-state index contributed by atoms with van der Waals surface area (Å²) in [5, 5.41) is 20.6. The first kappa shape index (κ1) is 17.8. The molecule has 126 valence electrons. The van der Waals surface area contributed by atoms with E-state index in [2.05, 4.69) is 5.32 Å². The van der Waals surface area contributed by atoms with Crippen molar-refractivity contribution in [1.29, 1.82) is 5.26 Å². The number of carboxylic acids is 1. The van der Waals surface area contributed by atoms with E-state index in [1.54, 1.807) is 36.4 Å². The molecule has 0 radical (unpaired) electrons. The number of carboxylic acid groups (broad SMARTS) is 1. The van der Waals surface area contributed by atoms with Gasteiger partial charge in [0, 0.05) is 11.3 Å². The Morgan fingerprint density at radius 3 is 2.52 bits per heavy atom. The number of carbonyl (C=O) groups is 2. The number of nitrogens with one attached hydrogen (secondary N) is 1. The molecule has 0 atom stereocenters. The highest BCUT2D eigenvalue weighted by Gasteiger charge is 2.11. The van der Waals surface area contributed by atoms with Crippen LogP contribution in [0, 0.1) is 18.3 Å². The van der Waals surface area contributed by atoms with E-state index in [1.807, 2.05) is 25.1 Å². The molecule has 2 aromatic carbocycles. The van der Waals surface area contributed by atoms with E-state index in [1.165, 1.54) is 6.08 Å². The van der Waals surface area contributed by atoms with Crippen LogP contribution in [0.25, 0.3) is 6.08 Å². The van der Waals surface area contributed by atoms with Gasteiger partial charge in [-0.2, -0.15) is 5.26 Å². The zero-order valence-electron chi connectivity index (χ0n) is 13.5. The van der Waals surface area contributed by atoms with Crippen LogP contribution in [-0.4, -0.2) is 23.6 Å². The Balaban J connectivity index is 2.22. The molecule has 0 saturated carbocycles. The number of para-hydroxylation sites is 1. The zero-order chi connectivity index (χ0) is 18.2. The number of carbonyl (C=O) groups excluding carboxylic acids is 1. The number of rotatable bonds is 6. The molecule has 1 amide bonds. The van der Waals surface area contributed by atoms with Crippen LogP contribution < -0.4 is 10.1 Å². The van der Waals surface area contributed by atoms with Gasteiger partial charge in [0.1, 0.15) is 17.4 Å². The summed E-state index contributed by atoms with van der Waals surface area (Å²) in [5.74, 6) is -1.39. The maximum absolute atomic E-state index is 12.3. The van der Waals surface area contributed by atoms with Crippen LogP contribution in [0.1, 0.15) is 11.1 Å². The summed E-state index contributed by atoms with van der Waals surface area (Å²) in [6.45, 7) is 1.42. The molecule has 0 saturated heterocycles. The van der Waals surface area contributed by atoms with E-state index in [0.717, 1.165) is 5.56 Å². The largest absolute Gasteiger partial charge is 0.481 e. The number of nitriles is 1. The molecule has 0 fully saturated rings. The summed E-state index contributed by atoms with van der Waals surface area (Å²) >= 11 is 0. The Morgan fingerprint density at radius 1 is 1.20 bits per heavy atom. The number of hydrogen-bond donors (Lipinski definition) is 2. The van der Waals surface area contributed by atoms with Gasteiger partial charge in [-0.05, 0) is 31.2 Å². The molecule has 2 rings (SSSR count). The molecule has 2 N–H and O–H groups in total. The Bertz CT molecular complexity index is 848. The fourth-order valence-electron chi connectivity index (χ4n) is 2.01. The first-order valence-electron chi connectivity index (χ1n) is 7.43. The van der Waals surface area contributed by atoms with Gasteiger partial charge < -0.3 is 15.2 Å². The van der Waals surface area contributed by atoms with Crippen LogP contribution in [0.5, 0.6) is 5.75 Å². The quantitative estimate of drug-likeness (QED) is 0.624. The minimum absolute atomic E-state index is 0.119. The van der Waals surface area contributed by atoms with Gasteiger partial charge in [-0.3, -0.25) is 4.79 Å². The SMILES string of the molecule is Cc1ccc(NC(=O)/C(C#N)=C/c2ccccc2OCC(=O)O)cc1. The average molecular weight is 336 g/mol. The molecule has 6 heteroatoms. The average Bonchev–Trinajstić information content (AvgIpc) is 2.60. The number of anilines is 1. The first-order valence-corrected chi connectivity index (χ1v) is 7.43. The van der Waals surface area contributed by atoms with E-state index in [4.69, 9.17) is 9.84 Å². The van der Waals surface area contributed by atoms with E-state index in [9.17, 15) is 14.9 Å². The van der Waals surface area contributed by atoms with Crippen molar-refractivity contribution in [3.05, 3.63) is 65.2 Å². The topological polar surface area (TPSA) is 99.4 Å². The number of hydrogen-bond acceptors (Lipinski definition) is 4. The lowest BCUT2D eigenvalue weighted by molar-refractivity contribution is -0.139. The molecule has 0 aliphatic heterocycles. The number of ether oxygens (including phenoxy) is 1. The fraction of sp³-hybridized carbons (Fsp3) is 0.105. The van der Waals surface area contributed by atoms with Crippen LogP contribution in [0.2, 0.25) is 0 Å². The predicted octanol–water partition coefficient (Wildman–Crippen LogP) is 3.00. The summed E-state index contributed by atoms with van der Waals surface area (Å²) in [6.07, 6.45) is 1.36. The van der Waals surface area contributed by atoms with Gasteiger partial charge in [-0.25, -0.2) is 4.79 Å². The molecule has 0 unspecified atom stereocenters. The molecule has 0 aliphatic carbocycles. The van der Waals surface area contributed by atoms with Crippen LogP contribution in [-0.2, 0) is 9.59 Å². The van der Waals surface area contributed by atoms with Gasteiger partial charge in [0.25, 0.3) is 5.91 Å². The van der Waals surface area contributed by atoms with Crippen molar-refractivity contribution < 1.29 is 19.4 Å². The zero-order valence-corrected chi connectivity index (χ0v) is 13.5. The van der Waals surface area contributed by atoms with Crippen LogP contribution in [0.3, 0.4) is 0 Å². The number of aryl methyl sites for hydroxylation is 1. The maximum atomic E-state index is 12.3. The molecule has 0 heterocycles. The second-order valence-electron chi connectivity index (χ2n) is 5.21. The monoisotopic (exact) mass is 336 g/mol. The number of benzene rings is 2. The summed E-state index contributed by atoms with van der Waals surface area (Å²) < 4.78 is 5.17. The van der Waals surface area contributed by atoms with Gasteiger partial charge in [-0.15, -0.1) is 0 Å². The second-order valence-corrected chi connectivity index (χ2v) is 5.21. The highest BCUT2D eigenvalue weighted by Crippen LogP contribution is 2.21. The standard InChI is InChI=1S/C19H16N2O4/c1-13-6-8-16(9-7-13)21-19(24)15(11-20)10-14-4-2-3-5-17(14)25-12-18(22)23/h2-10H,12H2,1H3,(H,21,24)(H,22,23)/b15-10+. The van der Waals surface area contributed by atoms with E-state index in [0.29, 0.717) is 11.3 Å². The van der Waals surface area contributed by atoms with Crippen molar-refractivity contribution in [3.63, 3.8) is 0 Å². The van der Waals surface area contributed by atoms with Gasteiger partial charge in [0.15, 0.2) is 6.61 Å². The van der Waals surface area contributed by atoms with Crippen molar-refractivity contribution in [2.45, 2.75) is 6.92 Å². The Morgan fingerprint density at radius 2 is 1.88 bits per heavy atom. The Kier molecular flexibility index (Phi) is 5.91. The summed E-state index contributed by atoms with van der Waals surface area (Å²) in [7, 11) is 0. The van der Waals surface area contributed by atoms with E-state index in [-0.39, 0.29) is 11.3 Å². The van der Waals surface area contributed by atoms with Gasteiger partial charge in [0.05, 0.1) is 0 Å². The number of aliphatic carboxylic acids is 1. The summed E-state index contributed by atoms with van der Waals surface area (Å²) in [5.41, 5.74) is 1.96. The van der Waals surface area contributed by atoms with Crippen molar-refractivity contribution in [2.75, 3.05) is 11.9 Å². The smallest absolute Gasteiger partial charge is 0.341 e. The predicted molar refractivity (Wildman–Crippen MR) is 93.0 cm³/mol. The molecule has 25 heavy (non-hydrogen) atoms. The molecule has 0 aliphatic rings. The lowest BCUT2D eigenvalue weighted by Crippen LogP contribution is -2.13. The highest BCUT2D eigenvalue weighted by atomic mass is 16.5. The van der Waals surface area contributed by atoms with Crippen LogP contribution >= 0.6 is 0 Å². The molecule has 0 bridgehead atoms. The van der Waals surface area contributed by atoms with Crippen molar-refractivity contribution in [1.82, 2.24) is 0 Å². The van der Waals surface area contributed by atoms with E-state index >= 15 is 0 Å². The van der Waals surface area contributed by atoms with E-state index < -0.39 is 18.5 Å². The second kappa shape index (κ2) is 8.31. The van der Waals surface area contributed by atoms with Crippen molar-refractivity contribution >= 4 is 23.6 Å². The Labute approximate surface area is 145 Å². The third kappa shape index (κ3) is 5.22. The maximum Gasteiger partial charge on any atom is 0.341 e. The van der Waals surface area contributed by atoms with Crippen molar-refractivity contribution in [2.24, 2.45) is 0 Å². The molecule has 0 aromatic heterocycles. The highest BCUT2D eigenvalue weighted by molar-refractivity contribution is 6.09. The molecule has 6 nitrogen and oxygen atoms in total. The lowest BCUT2D eigenvalue weighted by Gasteiger charge is -2.08. The molecule has 0 spiro atoms. The molecular formula is C19H16N2O4. The van der Waals surface area contributed by atoms with Gasteiger partial charge in [-0.1, -0.05) is 35.9 Å². The molecule has 2 aromatic rings. The van der Waals surface area contributed by atoms with Crippen LogP contribution in [0.4, 0.5) is 5.69 Å². The lowest BCUT2D eigenvalue weighted by atomic mass is 10.1. The normalized spacial score (nSPS) is 10.6. The summed E-state index contributed by atoms with van der Waals surface area (Å²) in [6, 6.07) is 15.6. The Hall–Kier alpha value is -3.59. The number of nitrogens with zero attached hydrogens (tertiary/aromatic N) is 1. The minimum atomic E-state index is -1.11. The third-order valence-corrected chi connectivity index (χ3v) is 3.24. The number of amides is 1. The molecular weight excluding hydrogens is 320 g/mol. The minimum Gasteiger partial charge on any atom is -0.481 e. The van der Waals surface area contributed by atoms with Crippen molar-refractivity contribution in [3.8, 4) is 11.8 Å². The third-order valence-electron chi connectivity index (χ3n) is 3.24. The van der Waals surface area contributed by atoms with Crippen LogP contribution in [0.15, 0.2) is 54.1 Å².